The van der Waals surface area contributed by atoms with Crippen LogP contribution in [0.25, 0.3) is 0 Å². The molecule has 2 rings (SSSR count). The quantitative estimate of drug-likeness (QED) is 0.442. The van der Waals surface area contributed by atoms with E-state index in [-0.39, 0.29) is 17.2 Å². The topological polar surface area (TPSA) is 107 Å². The number of rotatable bonds is 4. The van der Waals surface area contributed by atoms with Crippen LogP contribution in [-0.2, 0) is 0 Å². The van der Waals surface area contributed by atoms with Gasteiger partial charge >= 0.3 is 0 Å². The summed E-state index contributed by atoms with van der Waals surface area (Å²) in [6.07, 6.45) is 4.59. The summed E-state index contributed by atoms with van der Waals surface area (Å²) < 4.78 is 5.02. The molecule has 0 aliphatic rings. The van der Waals surface area contributed by atoms with Crippen LogP contribution >= 0.6 is 11.8 Å². The van der Waals surface area contributed by atoms with Crippen LogP contribution in [0.15, 0.2) is 51.6 Å². The third-order valence-corrected chi connectivity index (χ3v) is 3.65. The molecule has 0 saturated heterocycles. The van der Waals surface area contributed by atoms with Crippen LogP contribution < -0.4 is 4.74 Å². The molecule has 7 nitrogen and oxygen atoms in total. The third-order valence-electron chi connectivity index (χ3n) is 3.10. The molecule has 0 aromatic heterocycles. The Morgan fingerprint density at radius 1 is 1.08 bits per heavy atom. The molecule has 0 saturated carbocycles. The number of hydrogen-bond donors (Lipinski definition) is 3. The number of para-hydroxylation sites is 1. The number of benzene rings is 2. The first-order chi connectivity index (χ1) is 12.0. The Bertz CT molecular complexity index is 835. The Morgan fingerprint density at radius 2 is 1.88 bits per heavy atom. The highest BCUT2D eigenvalue weighted by atomic mass is 32.2. The summed E-state index contributed by atoms with van der Waals surface area (Å²) in [6, 6.07) is 9.24. The second kappa shape index (κ2) is 8.74. The molecule has 130 valence electrons. The molecule has 0 spiro atoms. The third kappa shape index (κ3) is 4.98. The van der Waals surface area contributed by atoms with Gasteiger partial charge in [-0.1, -0.05) is 17.8 Å². The van der Waals surface area contributed by atoms with Crippen molar-refractivity contribution in [2.24, 2.45) is 15.2 Å². The molecule has 0 aliphatic heterocycles. The summed E-state index contributed by atoms with van der Waals surface area (Å²) in [5.74, 6) is 0.205. The van der Waals surface area contributed by atoms with Crippen molar-refractivity contribution >= 4 is 29.4 Å². The maximum absolute atomic E-state index is 9.97. The van der Waals surface area contributed by atoms with E-state index in [1.165, 1.54) is 49.5 Å². The van der Waals surface area contributed by atoms with Crippen molar-refractivity contribution in [2.45, 2.75) is 0 Å². The van der Waals surface area contributed by atoms with Crippen molar-refractivity contribution in [3.63, 3.8) is 0 Å². The molecule has 0 radical (unpaired) electrons. The molecule has 0 bridgehead atoms. The highest BCUT2D eigenvalue weighted by Gasteiger charge is 2.04. The minimum absolute atomic E-state index is 0.0211. The number of hydrogen-bond acceptors (Lipinski definition) is 7. The van der Waals surface area contributed by atoms with Gasteiger partial charge in [-0.3, -0.25) is 0 Å². The van der Waals surface area contributed by atoms with Gasteiger partial charge in [-0.2, -0.15) is 5.10 Å². The molecular weight excluding hydrogens is 342 g/mol. The lowest BCUT2D eigenvalue weighted by molar-refractivity contribution is 0.373. The largest absolute Gasteiger partial charge is 0.508 e. The maximum Gasteiger partial charge on any atom is 0.208 e. The number of aliphatic imine (C=N–C) groups is 1. The fraction of sp³-hybridized carbons (Fsp3) is 0.118. The normalized spacial score (nSPS) is 12.2. The summed E-state index contributed by atoms with van der Waals surface area (Å²) in [6.45, 7) is 0. The number of ether oxygens (including phenoxy) is 1. The fourth-order valence-electron chi connectivity index (χ4n) is 1.83. The van der Waals surface area contributed by atoms with Crippen molar-refractivity contribution < 1.29 is 20.1 Å². The molecule has 0 atom stereocenters. The van der Waals surface area contributed by atoms with Gasteiger partial charge in [-0.25, -0.2) is 4.99 Å². The van der Waals surface area contributed by atoms with Gasteiger partial charge in [0.2, 0.25) is 5.17 Å². The number of thioether (sulfide) groups is 1. The van der Waals surface area contributed by atoms with Crippen LogP contribution in [0.3, 0.4) is 0 Å². The first-order valence-corrected chi connectivity index (χ1v) is 8.34. The second-order valence-corrected chi connectivity index (χ2v) is 5.50. The molecule has 8 heteroatoms. The lowest BCUT2D eigenvalue weighted by atomic mass is 10.2. The molecule has 3 N–H and O–H groups in total. The summed E-state index contributed by atoms with van der Waals surface area (Å²) in [7, 11) is 1.47. The highest BCUT2D eigenvalue weighted by molar-refractivity contribution is 8.13. The lowest BCUT2D eigenvalue weighted by Crippen LogP contribution is -1.90. The monoisotopic (exact) mass is 359 g/mol. The second-order valence-electron chi connectivity index (χ2n) is 4.73. The van der Waals surface area contributed by atoms with Crippen LogP contribution in [0.1, 0.15) is 11.1 Å². The van der Waals surface area contributed by atoms with E-state index in [0.29, 0.717) is 22.0 Å². The first kappa shape index (κ1) is 18.3. The van der Waals surface area contributed by atoms with Gasteiger partial charge in [-0.15, -0.1) is 5.10 Å². The van der Waals surface area contributed by atoms with Gasteiger partial charge in [-0.05, 0) is 30.5 Å². The van der Waals surface area contributed by atoms with E-state index in [4.69, 9.17) is 4.74 Å². The Labute approximate surface area is 149 Å². The van der Waals surface area contributed by atoms with Crippen LogP contribution in [-0.4, -0.2) is 46.3 Å². The number of amidine groups is 1. The number of phenols is 3. The minimum atomic E-state index is -0.0889. The highest BCUT2D eigenvalue weighted by Crippen LogP contribution is 2.28. The Morgan fingerprint density at radius 3 is 2.56 bits per heavy atom. The summed E-state index contributed by atoms with van der Waals surface area (Å²) >= 11 is 1.27. The van der Waals surface area contributed by atoms with Crippen LogP contribution in [0.5, 0.6) is 23.0 Å². The van der Waals surface area contributed by atoms with Crippen molar-refractivity contribution in [3.8, 4) is 23.0 Å². The van der Waals surface area contributed by atoms with E-state index in [9.17, 15) is 15.3 Å². The van der Waals surface area contributed by atoms with E-state index in [2.05, 4.69) is 15.2 Å². The molecule has 2 aromatic carbocycles. The van der Waals surface area contributed by atoms with Gasteiger partial charge in [0, 0.05) is 23.4 Å². The molecule has 0 unspecified atom stereocenters. The Hall–Kier alpha value is -3.00. The van der Waals surface area contributed by atoms with Gasteiger partial charge in [0.1, 0.15) is 11.5 Å². The average Bonchev–Trinajstić information content (AvgIpc) is 2.60. The number of aromatic hydroxyl groups is 3. The first-order valence-electron chi connectivity index (χ1n) is 7.12. The van der Waals surface area contributed by atoms with E-state index < -0.39 is 0 Å². The number of methoxy groups -OCH3 is 1. The van der Waals surface area contributed by atoms with E-state index in [1.54, 1.807) is 24.5 Å². The molecule has 0 heterocycles. The van der Waals surface area contributed by atoms with Crippen molar-refractivity contribution in [1.29, 1.82) is 0 Å². The summed E-state index contributed by atoms with van der Waals surface area (Å²) in [4.78, 5) is 4.14. The molecule has 0 amide bonds. The SMILES string of the molecule is COc1cccc(/C=N/N=C(/N=C/c2ccc(O)cc2O)SC)c1O. The number of nitrogens with zero attached hydrogens (tertiary/aromatic N) is 3. The predicted octanol–water partition coefficient (Wildman–Crippen LogP) is 2.98. The molecular formula is C17H17N3O4S. The zero-order valence-corrected chi connectivity index (χ0v) is 14.4. The van der Waals surface area contributed by atoms with E-state index in [1.807, 2.05) is 0 Å². The molecule has 2 aromatic rings. The lowest BCUT2D eigenvalue weighted by Gasteiger charge is -2.04. The number of phenolic OH excluding ortho intramolecular Hbond substituents is 3. The standard InChI is InChI=1S/C17H17N3O4S/c1-24-15-5-3-4-12(16(15)23)10-19-20-17(25-2)18-9-11-6-7-13(21)8-14(11)22/h3-10,21-23H,1-2H3/b18-9+,19-10+,20-17-. The molecule has 25 heavy (non-hydrogen) atoms. The van der Waals surface area contributed by atoms with Gasteiger partial charge in [0.05, 0.1) is 13.3 Å². The van der Waals surface area contributed by atoms with Crippen molar-refractivity contribution in [1.82, 2.24) is 0 Å². The zero-order chi connectivity index (χ0) is 18.2. The van der Waals surface area contributed by atoms with E-state index in [0.717, 1.165) is 0 Å². The molecule has 0 aliphatic carbocycles. The fourth-order valence-corrected chi connectivity index (χ4v) is 2.12. The smallest absolute Gasteiger partial charge is 0.208 e. The van der Waals surface area contributed by atoms with Gasteiger partial charge in [0.15, 0.2) is 11.5 Å². The van der Waals surface area contributed by atoms with Crippen molar-refractivity contribution in [3.05, 3.63) is 47.5 Å². The average molecular weight is 359 g/mol. The van der Waals surface area contributed by atoms with Crippen LogP contribution in [0.2, 0.25) is 0 Å². The van der Waals surface area contributed by atoms with Gasteiger partial charge in [0.25, 0.3) is 0 Å². The minimum Gasteiger partial charge on any atom is -0.508 e. The van der Waals surface area contributed by atoms with Crippen LogP contribution in [0.4, 0.5) is 0 Å². The maximum atomic E-state index is 9.97. The summed E-state index contributed by atoms with van der Waals surface area (Å²) in [5, 5.41) is 37.2. The van der Waals surface area contributed by atoms with Crippen molar-refractivity contribution in [2.75, 3.05) is 13.4 Å². The van der Waals surface area contributed by atoms with Gasteiger partial charge < -0.3 is 20.1 Å². The Balaban J connectivity index is 2.16. The predicted molar refractivity (Wildman–Crippen MR) is 101 cm³/mol. The zero-order valence-electron chi connectivity index (χ0n) is 13.6. The van der Waals surface area contributed by atoms with Crippen LogP contribution in [0, 0.1) is 0 Å². The molecule has 0 fully saturated rings. The van der Waals surface area contributed by atoms with E-state index >= 15 is 0 Å². The Kier molecular flexibility index (Phi) is 6.41. The summed E-state index contributed by atoms with van der Waals surface area (Å²) in [5.41, 5.74) is 0.901.